The highest BCUT2D eigenvalue weighted by atomic mass is 32.2. The van der Waals surface area contributed by atoms with Gasteiger partial charge in [-0.15, -0.1) is 11.3 Å². The fourth-order valence-electron chi connectivity index (χ4n) is 2.50. The molecule has 2 aromatic rings. The van der Waals surface area contributed by atoms with Gasteiger partial charge in [-0.3, -0.25) is 0 Å². The number of nitrogens with one attached hydrogen (secondary N) is 1. The second-order valence-electron chi connectivity index (χ2n) is 5.18. The molecule has 1 aromatic carbocycles. The zero-order chi connectivity index (χ0) is 15.7. The van der Waals surface area contributed by atoms with Gasteiger partial charge in [0.1, 0.15) is 10.3 Å². The molecule has 0 spiro atoms. The number of benzene rings is 1. The molecule has 0 amide bonds. The number of ether oxygens (including phenoxy) is 1. The van der Waals surface area contributed by atoms with Crippen molar-refractivity contribution in [3.63, 3.8) is 0 Å². The summed E-state index contributed by atoms with van der Waals surface area (Å²) in [5.41, 5.74) is 2.57. The molecule has 22 heavy (non-hydrogen) atoms. The van der Waals surface area contributed by atoms with Crippen molar-refractivity contribution in [1.82, 2.24) is 0 Å². The fourth-order valence-corrected chi connectivity index (χ4v) is 5.26. The molecule has 0 saturated carbocycles. The third-order valence-electron chi connectivity index (χ3n) is 3.46. The second kappa shape index (κ2) is 5.98. The van der Waals surface area contributed by atoms with Gasteiger partial charge in [0.15, 0.2) is 9.84 Å². The molecule has 0 saturated heterocycles. The molecule has 0 radical (unpaired) electrons. The molecular weight excluding hydrogens is 338 g/mol. The number of hydrogen-bond acceptors (Lipinski definition) is 5. The molecule has 0 fully saturated rings. The van der Waals surface area contributed by atoms with Crippen LogP contribution in [0.25, 0.3) is 0 Å². The maximum absolute atomic E-state index is 12.5. The van der Waals surface area contributed by atoms with Gasteiger partial charge in [-0.2, -0.15) is 0 Å². The summed E-state index contributed by atoms with van der Waals surface area (Å²) < 4.78 is 30.9. The highest BCUT2D eigenvalue weighted by Gasteiger charge is 2.23. The van der Waals surface area contributed by atoms with Crippen LogP contribution in [0.15, 0.2) is 39.9 Å². The number of hydrogen-bond donors (Lipinski definition) is 1. The monoisotopic (exact) mass is 353 g/mol. The molecule has 1 atom stereocenters. The average molecular weight is 353 g/mol. The van der Waals surface area contributed by atoms with Crippen molar-refractivity contribution in [3.05, 3.63) is 46.8 Å². The zero-order valence-corrected chi connectivity index (χ0v) is 14.4. The van der Waals surface area contributed by atoms with E-state index < -0.39 is 9.84 Å². The highest BCUT2D eigenvalue weighted by Crippen LogP contribution is 2.29. The number of thiocarbonyl (C=S) groups is 1. The summed E-state index contributed by atoms with van der Waals surface area (Å²) in [4.78, 5) is 0. The minimum absolute atomic E-state index is 0.0160. The summed E-state index contributed by atoms with van der Waals surface area (Å²) >= 11 is 6.36. The summed E-state index contributed by atoms with van der Waals surface area (Å²) in [6.07, 6.45) is 0.533. The Kier molecular flexibility index (Phi) is 4.20. The smallest absolute Gasteiger partial charge is 0.261 e. The number of thiophene rings is 1. The van der Waals surface area contributed by atoms with Gasteiger partial charge in [0.2, 0.25) is 0 Å². The largest absolute Gasteiger partial charge is 0.467 e. The van der Waals surface area contributed by atoms with E-state index in [1.807, 2.05) is 25.1 Å². The Bertz CT molecular complexity index is 797. The van der Waals surface area contributed by atoms with Crippen molar-refractivity contribution in [2.45, 2.75) is 29.4 Å². The summed E-state index contributed by atoms with van der Waals surface area (Å²) in [7, 11) is -3.33. The van der Waals surface area contributed by atoms with Crippen LogP contribution in [0.2, 0.25) is 0 Å². The van der Waals surface area contributed by atoms with Crippen LogP contribution in [0.1, 0.15) is 18.1 Å². The third kappa shape index (κ3) is 3.16. The van der Waals surface area contributed by atoms with Gasteiger partial charge >= 0.3 is 0 Å². The van der Waals surface area contributed by atoms with Crippen LogP contribution in [0, 0.1) is 0 Å². The van der Waals surface area contributed by atoms with Crippen molar-refractivity contribution in [2.75, 3.05) is 5.32 Å². The molecule has 116 valence electrons. The van der Waals surface area contributed by atoms with Crippen molar-refractivity contribution >= 4 is 44.3 Å². The normalized spacial score (nSPS) is 18.0. The molecule has 1 N–H and O–H groups in total. The van der Waals surface area contributed by atoms with E-state index in [4.69, 9.17) is 17.0 Å². The molecule has 1 aromatic heterocycles. The number of rotatable bonds is 3. The van der Waals surface area contributed by atoms with E-state index in [9.17, 15) is 8.42 Å². The lowest BCUT2D eigenvalue weighted by molar-refractivity contribution is 0.217. The first-order valence-electron chi connectivity index (χ1n) is 6.80. The first-order valence-corrected chi connectivity index (χ1v) is 9.74. The molecule has 2 heterocycles. The predicted molar refractivity (Wildman–Crippen MR) is 92.1 cm³/mol. The average Bonchev–Trinajstić information content (AvgIpc) is 2.92. The minimum atomic E-state index is -3.33. The predicted octanol–water partition coefficient (Wildman–Crippen LogP) is 3.38. The van der Waals surface area contributed by atoms with E-state index in [-0.39, 0.29) is 11.9 Å². The van der Waals surface area contributed by atoms with Crippen LogP contribution in [0.4, 0.5) is 5.69 Å². The first-order chi connectivity index (χ1) is 10.5. The SMILES string of the molecule is CC1Cc2c(CS(=O)(=O)c3cccs3)cccc2NC(=S)O1. The Morgan fingerprint density at radius 3 is 2.91 bits per heavy atom. The quantitative estimate of drug-likeness (QED) is 0.858. The molecule has 1 unspecified atom stereocenters. The lowest BCUT2D eigenvalue weighted by atomic mass is 10.0. The number of sulfone groups is 1. The molecular formula is C15H15NO3S3. The van der Waals surface area contributed by atoms with Gasteiger partial charge in [-0.1, -0.05) is 18.2 Å². The van der Waals surface area contributed by atoms with Crippen LogP contribution in [0.5, 0.6) is 0 Å². The zero-order valence-electron chi connectivity index (χ0n) is 11.9. The van der Waals surface area contributed by atoms with Gasteiger partial charge in [-0.25, -0.2) is 8.42 Å². The van der Waals surface area contributed by atoms with E-state index in [1.165, 1.54) is 11.3 Å². The maximum atomic E-state index is 12.5. The summed E-state index contributed by atoms with van der Waals surface area (Å²) in [5, 5.41) is 5.13. The molecule has 0 aliphatic carbocycles. The topological polar surface area (TPSA) is 55.4 Å². The Hall–Kier alpha value is -1.44. The lowest BCUT2D eigenvalue weighted by Gasteiger charge is -2.13. The summed E-state index contributed by atoms with van der Waals surface area (Å²) in [6, 6.07) is 8.97. The Balaban J connectivity index is 1.99. The summed E-state index contributed by atoms with van der Waals surface area (Å²) in [6.45, 7) is 1.92. The van der Waals surface area contributed by atoms with E-state index in [0.717, 1.165) is 16.8 Å². The Labute approximate surface area is 139 Å². The van der Waals surface area contributed by atoms with E-state index in [1.54, 1.807) is 17.5 Å². The van der Waals surface area contributed by atoms with E-state index >= 15 is 0 Å². The first kappa shape index (κ1) is 15.5. The van der Waals surface area contributed by atoms with Gasteiger partial charge < -0.3 is 10.1 Å². The fraction of sp³-hybridized carbons (Fsp3) is 0.267. The van der Waals surface area contributed by atoms with Crippen LogP contribution >= 0.6 is 23.6 Å². The van der Waals surface area contributed by atoms with E-state index in [0.29, 0.717) is 15.8 Å². The van der Waals surface area contributed by atoms with Gasteiger partial charge in [0, 0.05) is 12.1 Å². The molecule has 1 aliphatic heterocycles. The van der Waals surface area contributed by atoms with Crippen LogP contribution < -0.4 is 5.32 Å². The second-order valence-corrected chi connectivity index (χ2v) is 8.71. The molecule has 4 nitrogen and oxygen atoms in total. The van der Waals surface area contributed by atoms with Crippen LogP contribution in [-0.4, -0.2) is 19.7 Å². The number of anilines is 1. The summed E-state index contributed by atoms with van der Waals surface area (Å²) in [5.74, 6) is -0.0160. The molecule has 0 bridgehead atoms. The van der Waals surface area contributed by atoms with Crippen molar-refractivity contribution in [1.29, 1.82) is 0 Å². The van der Waals surface area contributed by atoms with Crippen molar-refractivity contribution < 1.29 is 13.2 Å². The van der Waals surface area contributed by atoms with E-state index in [2.05, 4.69) is 5.32 Å². The molecule has 7 heteroatoms. The Morgan fingerprint density at radius 2 is 2.18 bits per heavy atom. The van der Waals surface area contributed by atoms with Crippen LogP contribution in [0.3, 0.4) is 0 Å². The lowest BCUT2D eigenvalue weighted by Crippen LogP contribution is -2.17. The van der Waals surface area contributed by atoms with Crippen molar-refractivity contribution in [2.24, 2.45) is 0 Å². The highest BCUT2D eigenvalue weighted by molar-refractivity contribution is 7.92. The van der Waals surface area contributed by atoms with Gasteiger partial charge in [0.05, 0.1) is 5.75 Å². The minimum Gasteiger partial charge on any atom is -0.467 e. The number of fused-ring (bicyclic) bond motifs is 1. The maximum Gasteiger partial charge on any atom is 0.261 e. The molecule has 3 rings (SSSR count). The third-order valence-corrected chi connectivity index (χ3v) is 6.81. The van der Waals surface area contributed by atoms with Gasteiger partial charge in [-0.05, 0) is 47.8 Å². The van der Waals surface area contributed by atoms with Crippen molar-refractivity contribution in [3.8, 4) is 0 Å². The molecule has 1 aliphatic rings. The van der Waals surface area contributed by atoms with Gasteiger partial charge in [0.25, 0.3) is 5.17 Å². The van der Waals surface area contributed by atoms with Crippen LogP contribution in [-0.2, 0) is 26.7 Å². The standard InChI is InChI=1S/C15H15NO3S3/c1-10-8-12-11(4-2-5-13(12)16-15(20)19-10)9-22(17,18)14-6-3-7-21-14/h2-7,10H,8-9H2,1H3,(H,16,20). The Morgan fingerprint density at radius 1 is 1.36 bits per heavy atom.